The summed E-state index contributed by atoms with van der Waals surface area (Å²) in [6, 6.07) is 8.23. The maximum absolute atomic E-state index is 12.6. The molecule has 25 heavy (non-hydrogen) atoms. The molecule has 134 valence electrons. The van der Waals surface area contributed by atoms with Gasteiger partial charge in [-0.2, -0.15) is 0 Å². The van der Waals surface area contributed by atoms with E-state index in [9.17, 15) is 4.79 Å². The topological polar surface area (TPSA) is 85.8 Å². The van der Waals surface area contributed by atoms with Gasteiger partial charge in [0.1, 0.15) is 5.82 Å². The molecule has 1 amide bonds. The van der Waals surface area contributed by atoms with Crippen LogP contribution in [0.15, 0.2) is 24.3 Å². The first-order chi connectivity index (χ1) is 12.0. The fourth-order valence-corrected chi connectivity index (χ4v) is 3.62. The van der Waals surface area contributed by atoms with Crippen LogP contribution in [0.5, 0.6) is 0 Å². The summed E-state index contributed by atoms with van der Waals surface area (Å²) in [6.45, 7) is 6.77. The van der Waals surface area contributed by atoms with Gasteiger partial charge in [-0.3, -0.25) is 4.79 Å². The monoisotopic (exact) mass is 341 g/mol. The summed E-state index contributed by atoms with van der Waals surface area (Å²) >= 11 is 0. The van der Waals surface area contributed by atoms with Crippen molar-refractivity contribution in [1.29, 1.82) is 0 Å². The number of hydrogen-bond acceptors (Lipinski definition) is 4. The third kappa shape index (κ3) is 3.58. The Bertz CT molecular complexity index is 752. The summed E-state index contributed by atoms with van der Waals surface area (Å²) in [5.41, 5.74) is 7.96. The summed E-state index contributed by atoms with van der Waals surface area (Å²) in [4.78, 5) is 17.0. The molecule has 1 aliphatic carbocycles. The van der Waals surface area contributed by atoms with Crippen molar-refractivity contribution in [2.24, 2.45) is 11.7 Å². The molecule has 0 spiro atoms. The third-order valence-corrected chi connectivity index (χ3v) is 5.04. The van der Waals surface area contributed by atoms with E-state index in [0.29, 0.717) is 24.2 Å². The summed E-state index contributed by atoms with van der Waals surface area (Å²) in [5, 5.41) is 7.55. The number of carbonyl (C=O) groups is 1. The molecule has 0 bridgehead atoms. The molecule has 3 N–H and O–H groups in total. The number of carbonyl (C=O) groups excluding carboxylic acids is 1. The van der Waals surface area contributed by atoms with Gasteiger partial charge in [0, 0.05) is 6.04 Å². The van der Waals surface area contributed by atoms with Crippen molar-refractivity contribution in [2.75, 3.05) is 6.54 Å². The molecule has 1 saturated carbocycles. The molecule has 2 aromatic rings. The van der Waals surface area contributed by atoms with Crippen molar-refractivity contribution in [3.8, 4) is 5.69 Å². The fourth-order valence-electron chi connectivity index (χ4n) is 3.62. The second-order valence-electron chi connectivity index (χ2n) is 7.11. The van der Waals surface area contributed by atoms with Gasteiger partial charge >= 0.3 is 0 Å². The molecule has 0 aliphatic heterocycles. The number of nitrogens with zero attached hydrogens (tertiary/aromatic N) is 3. The van der Waals surface area contributed by atoms with Crippen LogP contribution in [0.4, 0.5) is 0 Å². The first-order valence-electron chi connectivity index (χ1n) is 9.05. The summed E-state index contributed by atoms with van der Waals surface area (Å²) in [6.07, 6.45) is 3.16. The summed E-state index contributed by atoms with van der Waals surface area (Å²) in [5.74, 6) is 1.43. The van der Waals surface area contributed by atoms with E-state index >= 15 is 0 Å². The van der Waals surface area contributed by atoms with E-state index in [4.69, 9.17) is 5.73 Å². The minimum absolute atomic E-state index is 0.132. The summed E-state index contributed by atoms with van der Waals surface area (Å²) < 4.78 is 1.76. The second kappa shape index (κ2) is 7.35. The Morgan fingerprint density at radius 1 is 1.36 bits per heavy atom. The zero-order valence-electron chi connectivity index (χ0n) is 15.2. The normalized spacial score (nSPS) is 20.2. The zero-order valence-corrected chi connectivity index (χ0v) is 15.2. The Morgan fingerprint density at radius 3 is 2.84 bits per heavy atom. The van der Waals surface area contributed by atoms with Crippen molar-refractivity contribution in [2.45, 2.75) is 52.0 Å². The third-order valence-electron chi connectivity index (χ3n) is 5.04. The lowest BCUT2D eigenvalue weighted by atomic mass is 10.0. The average Bonchev–Trinajstić information content (AvgIpc) is 3.20. The Balaban J connectivity index is 1.84. The van der Waals surface area contributed by atoms with Gasteiger partial charge in [-0.15, -0.1) is 5.10 Å². The minimum Gasteiger partial charge on any atom is -0.346 e. The highest BCUT2D eigenvalue weighted by atomic mass is 16.2. The molecular formula is C19H27N5O. The van der Waals surface area contributed by atoms with Crippen LogP contribution in [-0.4, -0.2) is 33.3 Å². The molecule has 6 nitrogen and oxygen atoms in total. The van der Waals surface area contributed by atoms with E-state index in [2.05, 4.69) is 35.3 Å². The summed E-state index contributed by atoms with van der Waals surface area (Å²) in [7, 11) is 0. The zero-order chi connectivity index (χ0) is 18.0. The molecule has 0 saturated heterocycles. The van der Waals surface area contributed by atoms with E-state index < -0.39 is 0 Å². The van der Waals surface area contributed by atoms with Crippen molar-refractivity contribution >= 4 is 5.91 Å². The van der Waals surface area contributed by atoms with Crippen molar-refractivity contribution in [3.63, 3.8) is 0 Å². The van der Waals surface area contributed by atoms with Crippen LogP contribution in [0.2, 0.25) is 0 Å². The molecule has 6 heteroatoms. The van der Waals surface area contributed by atoms with Gasteiger partial charge in [0.25, 0.3) is 5.91 Å². The number of para-hydroxylation sites is 1. The number of aryl methyl sites for hydroxylation is 1. The van der Waals surface area contributed by atoms with Gasteiger partial charge in [-0.25, -0.2) is 9.67 Å². The van der Waals surface area contributed by atoms with Crippen LogP contribution in [-0.2, 0) is 0 Å². The van der Waals surface area contributed by atoms with Crippen molar-refractivity contribution in [1.82, 2.24) is 20.1 Å². The van der Waals surface area contributed by atoms with Crippen LogP contribution in [0, 0.1) is 12.8 Å². The highest BCUT2D eigenvalue weighted by Gasteiger charge is 2.29. The van der Waals surface area contributed by atoms with Gasteiger partial charge in [0.05, 0.1) is 5.69 Å². The second-order valence-corrected chi connectivity index (χ2v) is 7.11. The van der Waals surface area contributed by atoms with Crippen LogP contribution >= 0.6 is 0 Å². The lowest BCUT2D eigenvalue weighted by Gasteiger charge is -2.18. The average molecular weight is 341 g/mol. The number of benzene rings is 1. The first-order valence-corrected chi connectivity index (χ1v) is 9.05. The highest BCUT2D eigenvalue weighted by Crippen LogP contribution is 2.25. The van der Waals surface area contributed by atoms with E-state index in [1.165, 1.54) is 5.56 Å². The van der Waals surface area contributed by atoms with E-state index in [1.54, 1.807) is 4.68 Å². The molecule has 1 fully saturated rings. The maximum Gasteiger partial charge on any atom is 0.291 e. The quantitative estimate of drug-likeness (QED) is 0.875. The predicted octanol–water partition coefficient (Wildman–Crippen LogP) is 2.56. The molecule has 2 atom stereocenters. The number of rotatable bonds is 5. The molecule has 2 unspecified atom stereocenters. The Hall–Kier alpha value is -2.21. The lowest BCUT2D eigenvalue weighted by Crippen LogP contribution is -2.40. The van der Waals surface area contributed by atoms with Crippen molar-refractivity contribution < 1.29 is 4.79 Å². The van der Waals surface area contributed by atoms with Gasteiger partial charge in [-0.1, -0.05) is 38.5 Å². The number of hydrogen-bond donors (Lipinski definition) is 2. The number of amides is 1. The van der Waals surface area contributed by atoms with Crippen LogP contribution in [0.1, 0.15) is 61.0 Å². The molecule has 3 rings (SSSR count). The van der Waals surface area contributed by atoms with Gasteiger partial charge in [0.15, 0.2) is 0 Å². The predicted molar refractivity (Wildman–Crippen MR) is 97.8 cm³/mol. The Kier molecular flexibility index (Phi) is 5.18. The van der Waals surface area contributed by atoms with Crippen molar-refractivity contribution in [3.05, 3.63) is 41.5 Å². The Morgan fingerprint density at radius 2 is 2.12 bits per heavy atom. The SMILES string of the molecule is Cc1nc(C(=O)NC2CCCC2CN)nn1-c1ccccc1C(C)C. The molecular weight excluding hydrogens is 314 g/mol. The molecule has 1 aromatic heterocycles. The van der Waals surface area contributed by atoms with E-state index in [0.717, 1.165) is 24.9 Å². The van der Waals surface area contributed by atoms with Crippen LogP contribution in [0.3, 0.4) is 0 Å². The van der Waals surface area contributed by atoms with Crippen LogP contribution in [0.25, 0.3) is 5.69 Å². The number of aromatic nitrogens is 3. The molecule has 0 radical (unpaired) electrons. The largest absolute Gasteiger partial charge is 0.346 e. The first kappa shape index (κ1) is 17.6. The molecule has 1 aliphatic rings. The van der Waals surface area contributed by atoms with Gasteiger partial charge < -0.3 is 11.1 Å². The van der Waals surface area contributed by atoms with E-state index in [1.807, 2.05) is 25.1 Å². The smallest absolute Gasteiger partial charge is 0.291 e. The lowest BCUT2D eigenvalue weighted by molar-refractivity contribution is 0.0918. The van der Waals surface area contributed by atoms with Gasteiger partial charge in [0.2, 0.25) is 5.82 Å². The molecule has 1 heterocycles. The maximum atomic E-state index is 12.6. The number of nitrogens with one attached hydrogen (secondary N) is 1. The van der Waals surface area contributed by atoms with Gasteiger partial charge in [-0.05, 0) is 49.8 Å². The number of nitrogens with two attached hydrogens (primary N) is 1. The fraction of sp³-hybridized carbons (Fsp3) is 0.526. The standard InChI is InChI=1S/C19H27N5O/c1-12(2)15-8-4-5-10-17(15)24-13(3)21-18(23-24)19(25)22-16-9-6-7-14(16)11-20/h4-5,8,10,12,14,16H,6-7,9,11,20H2,1-3H3,(H,22,25). The van der Waals surface area contributed by atoms with E-state index in [-0.39, 0.29) is 17.8 Å². The Labute approximate surface area is 148 Å². The van der Waals surface area contributed by atoms with Crippen LogP contribution < -0.4 is 11.1 Å². The highest BCUT2D eigenvalue weighted by molar-refractivity contribution is 5.90. The molecule has 1 aromatic carbocycles. The minimum atomic E-state index is -0.214.